The van der Waals surface area contributed by atoms with Crippen molar-refractivity contribution in [1.82, 2.24) is 0 Å². The number of hydrogen-bond acceptors (Lipinski definition) is 4. The predicted octanol–water partition coefficient (Wildman–Crippen LogP) is 4.43. The Bertz CT molecular complexity index is 1030. The summed E-state index contributed by atoms with van der Waals surface area (Å²) >= 11 is 0. The number of carboxylic acids is 2. The van der Waals surface area contributed by atoms with E-state index < -0.39 is 11.9 Å². The molecule has 0 saturated carbocycles. The molecule has 0 spiro atoms. The summed E-state index contributed by atoms with van der Waals surface area (Å²) in [6.45, 7) is 1.62. The van der Waals surface area contributed by atoms with Gasteiger partial charge in [-0.1, -0.05) is 30.3 Å². The van der Waals surface area contributed by atoms with Crippen LogP contribution in [0.3, 0.4) is 0 Å². The number of carboxylic acid groups (broad SMARTS) is 2. The van der Waals surface area contributed by atoms with Crippen LogP contribution in [0.2, 0.25) is 0 Å². The van der Waals surface area contributed by atoms with Gasteiger partial charge in [-0.3, -0.25) is 0 Å². The lowest BCUT2D eigenvalue weighted by Crippen LogP contribution is -2.09. The zero-order valence-electron chi connectivity index (χ0n) is 14.5. The Morgan fingerprint density at radius 1 is 0.926 bits per heavy atom. The third kappa shape index (κ3) is 3.59. The molecule has 0 bridgehead atoms. The van der Waals surface area contributed by atoms with E-state index in [4.69, 9.17) is 10.5 Å². The molecular weight excluding hydrogens is 346 g/mol. The first kappa shape index (κ1) is 18.0. The molecule has 0 fully saturated rings. The summed E-state index contributed by atoms with van der Waals surface area (Å²) in [5, 5.41) is 19.1. The molecule has 3 aromatic rings. The Balaban J connectivity index is 2.12. The van der Waals surface area contributed by atoms with E-state index in [1.54, 1.807) is 31.2 Å². The minimum atomic E-state index is -1.21. The van der Waals surface area contributed by atoms with E-state index in [2.05, 4.69) is 0 Å². The number of rotatable bonds is 5. The number of aromatic carboxylic acids is 2. The van der Waals surface area contributed by atoms with Crippen LogP contribution < -0.4 is 10.5 Å². The van der Waals surface area contributed by atoms with Gasteiger partial charge in [-0.05, 0) is 48.4 Å². The van der Waals surface area contributed by atoms with Crippen molar-refractivity contribution in [3.63, 3.8) is 0 Å². The lowest BCUT2D eigenvalue weighted by molar-refractivity contribution is 0.0695. The fourth-order valence-corrected chi connectivity index (χ4v) is 2.87. The second-order valence-corrected chi connectivity index (χ2v) is 5.96. The van der Waals surface area contributed by atoms with Gasteiger partial charge in [0.05, 0.1) is 16.8 Å². The molecule has 0 aromatic heterocycles. The van der Waals surface area contributed by atoms with Gasteiger partial charge in [0.2, 0.25) is 0 Å². The van der Waals surface area contributed by atoms with Crippen LogP contribution in [0.4, 0.5) is 5.69 Å². The molecule has 6 nitrogen and oxygen atoms in total. The summed E-state index contributed by atoms with van der Waals surface area (Å²) in [7, 11) is 0. The number of hydrogen-bond donors (Lipinski definition) is 3. The number of anilines is 1. The number of nitrogens with two attached hydrogens (primary N) is 1. The lowest BCUT2D eigenvalue weighted by atomic mass is 9.91. The molecule has 136 valence electrons. The third-order valence-electron chi connectivity index (χ3n) is 4.13. The number of benzene rings is 3. The highest BCUT2D eigenvalue weighted by Crippen LogP contribution is 2.36. The highest BCUT2D eigenvalue weighted by molar-refractivity contribution is 6.06. The molecule has 3 aromatic carbocycles. The van der Waals surface area contributed by atoms with E-state index in [9.17, 15) is 19.8 Å². The number of aryl methyl sites for hydroxylation is 1. The van der Waals surface area contributed by atoms with Crippen LogP contribution in [0.5, 0.6) is 11.5 Å². The van der Waals surface area contributed by atoms with Crippen LogP contribution >= 0.6 is 0 Å². The van der Waals surface area contributed by atoms with Crippen LogP contribution in [-0.4, -0.2) is 22.2 Å². The van der Waals surface area contributed by atoms with E-state index in [1.807, 2.05) is 18.2 Å². The zero-order valence-corrected chi connectivity index (χ0v) is 14.5. The van der Waals surface area contributed by atoms with Crippen LogP contribution in [0.25, 0.3) is 11.1 Å². The smallest absolute Gasteiger partial charge is 0.336 e. The molecule has 0 radical (unpaired) electrons. The van der Waals surface area contributed by atoms with Crippen molar-refractivity contribution in [3.8, 4) is 22.6 Å². The number of nitrogen functional groups attached to an aromatic ring is 1. The molecule has 0 aliphatic rings. The quantitative estimate of drug-likeness (QED) is 0.578. The summed E-state index contributed by atoms with van der Waals surface area (Å²) in [4.78, 5) is 23.4. The van der Waals surface area contributed by atoms with E-state index >= 15 is 0 Å². The van der Waals surface area contributed by atoms with E-state index in [1.165, 1.54) is 18.2 Å². The number of carbonyl (C=O) groups is 2. The maximum Gasteiger partial charge on any atom is 0.336 e. The van der Waals surface area contributed by atoms with Gasteiger partial charge in [-0.15, -0.1) is 0 Å². The Hall–Kier alpha value is -3.80. The molecule has 0 unspecified atom stereocenters. The van der Waals surface area contributed by atoms with Gasteiger partial charge >= 0.3 is 11.9 Å². The highest BCUT2D eigenvalue weighted by Gasteiger charge is 2.22. The second kappa shape index (κ2) is 7.21. The first-order valence-corrected chi connectivity index (χ1v) is 8.11. The molecular formula is C21H17NO5. The Morgan fingerprint density at radius 2 is 1.63 bits per heavy atom. The maximum absolute atomic E-state index is 11.7. The Kier molecular flexibility index (Phi) is 4.81. The van der Waals surface area contributed by atoms with Crippen molar-refractivity contribution in [1.29, 1.82) is 0 Å². The van der Waals surface area contributed by atoms with Crippen molar-refractivity contribution in [3.05, 3.63) is 77.4 Å². The van der Waals surface area contributed by atoms with Gasteiger partial charge < -0.3 is 20.7 Å². The molecule has 0 aliphatic heterocycles. The molecule has 0 aliphatic carbocycles. The molecule has 6 heteroatoms. The van der Waals surface area contributed by atoms with Crippen molar-refractivity contribution < 1.29 is 24.5 Å². The Labute approximate surface area is 155 Å². The van der Waals surface area contributed by atoms with Gasteiger partial charge in [0.1, 0.15) is 11.5 Å². The largest absolute Gasteiger partial charge is 0.478 e. The average Bonchev–Trinajstić information content (AvgIpc) is 2.63. The minimum Gasteiger partial charge on any atom is -0.478 e. The summed E-state index contributed by atoms with van der Waals surface area (Å²) in [6.07, 6.45) is 0. The first-order valence-electron chi connectivity index (χ1n) is 8.11. The fourth-order valence-electron chi connectivity index (χ4n) is 2.87. The van der Waals surface area contributed by atoms with Gasteiger partial charge in [-0.2, -0.15) is 0 Å². The zero-order chi connectivity index (χ0) is 19.6. The van der Waals surface area contributed by atoms with Crippen LogP contribution in [0.1, 0.15) is 26.3 Å². The molecule has 0 amide bonds. The normalized spacial score (nSPS) is 10.4. The summed E-state index contributed by atoms with van der Waals surface area (Å²) in [5.74, 6) is -1.42. The van der Waals surface area contributed by atoms with E-state index in [0.29, 0.717) is 22.6 Å². The topological polar surface area (TPSA) is 110 Å². The molecule has 0 atom stereocenters. The Morgan fingerprint density at radius 3 is 2.22 bits per heavy atom. The number of ether oxygens (including phenoxy) is 1. The third-order valence-corrected chi connectivity index (χ3v) is 4.13. The molecule has 4 N–H and O–H groups in total. The summed E-state index contributed by atoms with van der Waals surface area (Å²) in [6, 6.07) is 16.6. The van der Waals surface area contributed by atoms with Crippen molar-refractivity contribution >= 4 is 17.6 Å². The van der Waals surface area contributed by atoms with E-state index in [0.717, 1.165) is 0 Å². The summed E-state index contributed by atoms with van der Waals surface area (Å²) in [5.41, 5.74) is 7.16. The molecule has 3 rings (SSSR count). The molecule has 0 heterocycles. The van der Waals surface area contributed by atoms with Gasteiger partial charge in [0, 0.05) is 5.56 Å². The van der Waals surface area contributed by atoms with Crippen LogP contribution in [-0.2, 0) is 0 Å². The first-order chi connectivity index (χ1) is 12.9. The minimum absolute atomic E-state index is 0.0639. The summed E-state index contributed by atoms with van der Waals surface area (Å²) < 4.78 is 5.72. The van der Waals surface area contributed by atoms with Gasteiger partial charge in [0.15, 0.2) is 0 Å². The van der Waals surface area contributed by atoms with Crippen LogP contribution in [0.15, 0.2) is 60.7 Å². The fraction of sp³-hybridized carbons (Fsp3) is 0.0476. The highest BCUT2D eigenvalue weighted by atomic mass is 16.5. The molecule has 27 heavy (non-hydrogen) atoms. The number of para-hydroxylation sites is 1. The van der Waals surface area contributed by atoms with E-state index in [-0.39, 0.29) is 22.4 Å². The van der Waals surface area contributed by atoms with Gasteiger partial charge in [0.25, 0.3) is 0 Å². The lowest BCUT2D eigenvalue weighted by Gasteiger charge is -2.15. The van der Waals surface area contributed by atoms with Crippen molar-refractivity contribution in [2.24, 2.45) is 0 Å². The van der Waals surface area contributed by atoms with Crippen molar-refractivity contribution in [2.45, 2.75) is 6.92 Å². The maximum atomic E-state index is 11.7. The second-order valence-electron chi connectivity index (χ2n) is 5.96. The van der Waals surface area contributed by atoms with Gasteiger partial charge in [-0.25, -0.2) is 9.59 Å². The average molecular weight is 363 g/mol. The molecule has 0 saturated heterocycles. The SMILES string of the molecule is Cc1ccc(C(=O)O)c(-c2ccc(Oc3ccccc3)c(N)c2)c1C(=O)O. The van der Waals surface area contributed by atoms with Crippen molar-refractivity contribution in [2.75, 3.05) is 5.73 Å². The monoisotopic (exact) mass is 363 g/mol. The predicted molar refractivity (Wildman–Crippen MR) is 101 cm³/mol. The van der Waals surface area contributed by atoms with Crippen LogP contribution in [0, 0.1) is 6.92 Å². The standard InChI is InChI=1S/C21H17NO5/c1-12-7-9-15(20(23)24)19(18(12)21(25)26)13-8-10-17(16(22)11-13)27-14-5-3-2-4-6-14/h2-11H,22H2,1H3,(H,23,24)(H,25,26).